The van der Waals surface area contributed by atoms with Crippen LogP contribution in [0.2, 0.25) is 0 Å². The van der Waals surface area contributed by atoms with Crippen molar-refractivity contribution >= 4 is 102 Å². The molecule has 4 N–H and O–H groups in total. The zero-order valence-electron chi connectivity index (χ0n) is 36.3. The van der Waals surface area contributed by atoms with E-state index in [2.05, 4.69) is 198 Å². The summed E-state index contributed by atoms with van der Waals surface area (Å²) < 4.78 is 1.17. The van der Waals surface area contributed by atoms with Gasteiger partial charge in [0.15, 0.2) is 0 Å². The molecule has 0 aliphatic rings. The molecule has 0 saturated heterocycles. The van der Waals surface area contributed by atoms with Crippen LogP contribution < -0.4 is 5.46 Å². The number of hydrogen-bond donors (Lipinski definition) is 4. The maximum Gasteiger partial charge on any atom is 0.488 e. The number of phenolic OH excluding ortho intramolecular Hbond substituents is 2. The minimum Gasteiger partial charge on any atom is -0.508 e. The Balaban J connectivity index is 0.000000166. The predicted octanol–water partition coefficient (Wildman–Crippen LogP) is 15.7. The standard InChI is InChI=1S/C30H20O.C24H15Br.C6H7BO3.2CH4.B/c31-24-17-15-21(16-18-24)29-25-9-3-5-11-27(25)30(28-12-6-4-10-26(28)29)23-14-13-20-7-1-2-8-22(20)19-23;25-24-21-11-5-3-9-19(21)23(20-10-4-6-12-22(20)24)18-14-13-16-7-1-2-8-17(16)15-18;8-6-3-1-5(2-4-6)7(9)10;;;/h1-19,31H;1-15H;1-4,8-10H;2*1H4;. The van der Waals surface area contributed by atoms with Crippen molar-refractivity contribution < 1.29 is 20.3 Å². The fraction of sp³-hybridized carbons (Fsp3) is 0.0323. The van der Waals surface area contributed by atoms with Gasteiger partial charge in [-0.15, -0.1) is 0 Å². The molecule has 0 amide bonds. The van der Waals surface area contributed by atoms with Crippen molar-refractivity contribution in [2.24, 2.45) is 0 Å². The van der Waals surface area contributed by atoms with Gasteiger partial charge in [-0.2, -0.15) is 0 Å². The first-order valence-corrected chi connectivity index (χ1v) is 22.6. The van der Waals surface area contributed by atoms with Crippen molar-refractivity contribution in [2.45, 2.75) is 14.9 Å². The van der Waals surface area contributed by atoms with Crippen LogP contribution in [0.3, 0.4) is 0 Å². The van der Waals surface area contributed by atoms with E-state index in [4.69, 9.17) is 15.2 Å². The van der Waals surface area contributed by atoms with Crippen LogP contribution >= 0.6 is 15.9 Å². The minimum absolute atomic E-state index is 0. The molecule has 3 radical (unpaired) electrons. The van der Waals surface area contributed by atoms with E-state index in [0.29, 0.717) is 5.46 Å². The van der Waals surface area contributed by atoms with E-state index in [9.17, 15) is 5.11 Å². The van der Waals surface area contributed by atoms with Crippen molar-refractivity contribution in [3.8, 4) is 44.9 Å². The third-order valence-corrected chi connectivity index (χ3v) is 13.1. The molecular formula is C62H50B2BrO4. The summed E-state index contributed by atoms with van der Waals surface area (Å²) >= 11 is 3.83. The first-order valence-electron chi connectivity index (χ1n) is 21.8. The molecule has 0 aliphatic heterocycles. The lowest BCUT2D eigenvalue weighted by molar-refractivity contribution is 0.425. The number of benzene rings is 12. The highest BCUT2D eigenvalue weighted by Crippen LogP contribution is 2.45. The average Bonchev–Trinajstić information content (AvgIpc) is 3.36. The Morgan fingerprint density at radius 1 is 0.304 bits per heavy atom. The molecule has 0 fully saturated rings. The molecule has 0 unspecified atom stereocenters. The smallest absolute Gasteiger partial charge is 0.488 e. The van der Waals surface area contributed by atoms with E-state index in [-0.39, 0.29) is 34.8 Å². The molecule has 12 aromatic rings. The Hall–Kier alpha value is -7.67. The van der Waals surface area contributed by atoms with E-state index >= 15 is 0 Å². The van der Waals surface area contributed by atoms with Gasteiger partial charge in [-0.1, -0.05) is 209 Å². The van der Waals surface area contributed by atoms with Crippen LogP contribution in [0.15, 0.2) is 235 Å². The number of halogens is 1. The molecule has 0 bridgehead atoms. The Bertz CT molecular complexity index is 3610. The summed E-state index contributed by atoms with van der Waals surface area (Å²) in [6, 6.07) is 78.3. The Kier molecular flexibility index (Phi) is 15.4. The van der Waals surface area contributed by atoms with Gasteiger partial charge < -0.3 is 20.3 Å². The molecule has 12 aromatic carbocycles. The molecule has 69 heavy (non-hydrogen) atoms. The van der Waals surface area contributed by atoms with Crippen molar-refractivity contribution in [3.63, 3.8) is 0 Å². The lowest BCUT2D eigenvalue weighted by Gasteiger charge is -2.18. The van der Waals surface area contributed by atoms with Gasteiger partial charge in [0.1, 0.15) is 11.5 Å². The second kappa shape index (κ2) is 21.5. The Labute approximate surface area is 414 Å². The van der Waals surface area contributed by atoms with E-state index in [1.54, 1.807) is 12.1 Å². The molecule has 0 spiro atoms. The van der Waals surface area contributed by atoms with Crippen LogP contribution in [0.4, 0.5) is 0 Å². The second-order valence-corrected chi connectivity index (χ2v) is 17.1. The van der Waals surface area contributed by atoms with Gasteiger partial charge in [-0.25, -0.2) is 0 Å². The molecule has 7 heteroatoms. The molecule has 12 rings (SSSR count). The van der Waals surface area contributed by atoms with Crippen LogP contribution in [-0.2, 0) is 0 Å². The lowest BCUT2D eigenvalue weighted by atomic mass is 9.80. The summed E-state index contributed by atoms with van der Waals surface area (Å²) in [5, 5.41) is 50.8. The molecule has 4 nitrogen and oxygen atoms in total. The van der Waals surface area contributed by atoms with Crippen molar-refractivity contribution in [1.82, 2.24) is 0 Å². The highest BCUT2D eigenvalue weighted by Gasteiger charge is 2.17. The molecule has 0 saturated carbocycles. The van der Waals surface area contributed by atoms with Gasteiger partial charge in [0.25, 0.3) is 0 Å². The highest BCUT2D eigenvalue weighted by atomic mass is 79.9. The SMILES string of the molecule is Brc1c2ccccc2c(-c2ccc3ccccc3c2)c2ccccc12.C.C.OB(O)c1ccc(O)cc1.Oc1ccc(-c2c3ccccc3c(-c3ccc4ccccc4c3)c3ccccc23)cc1.[B]. The molecule has 0 heterocycles. The molecule has 0 aromatic heterocycles. The highest BCUT2D eigenvalue weighted by molar-refractivity contribution is 9.10. The van der Waals surface area contributed by atoms with Crippen LogP contribution in [0.1, 0.15) is 14.9 Å². The van der Waals surface area contributed by atoms with Gasteiger partial charge in [0.05, 0.1) is 0 Å². The Morgan fingerprint density at radius 3 is 0.942 bits per heavy atom. The number of fused-ring (bicyclic) bond motifs is 6. The number of hydrogen-bond acceptors (Lipinski definition) is 4. The summed E-state index contributed by atoms with van der Waals surface area (Å²) in [7, 11) is -1.46. The molecular weight excluding hydrogens is 910 g/mol. The monoisotopic (exact) mass is 959 g/mol. The predicted molar refractivity (Wildman–Crippen MR) is 301 cm³/mol. The van der Waals surface area contributed by atoms with E-state index in [1.807, 2.05) is 12.1 Å². The van der Waals surface area contributed by atoms with Crippen LogP contribution in [0, 0.1) is 0 Å². The van der Waals surface area contributed by atoms with Gasteiger partial charge >= 0.3 is 7.12 Å². The molecule has 0 atom stereocenters. The minimum atomic E-state index is -1.46. The average molecular weight is 961 g/mol. The third kappa shape index (κ3) is 9.85. The topological polar surface area (TPSA) is 80.9 Å². The lowest BCUT2D eigenvalue weighted by Crippen LogP contribution is -2.29. The Morgan fingerprint density at radius 2 is 0.580 bits per heavy atom. The van der Waals surface area contributed by atoms with E-state index in [1.165, 1.54) is 121 Å². The second-order valence-electron chi connectivity index (χ2n) is 16.3. The molecule has 335 valence electrons. The first-order chi connectivity index (χ1) is 32.3. The normalized spacial score (nSPS) is 10.6. The molecule has 0 aliphatic carbocycles. The van der Waals surface area contributed by atoms with Crippen molar-refractivity contribution in [1.29, 1.82) is 0 Å². The number of aromatic hydroxyl groups is 2. The van der Waals surface area contributed by atoms with Crippen LogP contribution in [0.5, 0.6) is 11.5 Å². The van der Waals surface area contributed by atoms with Gasteiger partial charge in [0.2, 0.25) is 0 Å². The van der Waals surface area contributed by atoms with Gasteiger partial charge in [-0.05, 0) is 156 Å². The van der Waals surface area contributed by atoms with Crippen molar-refractivity contribution in [3.05, 3.63) is 235 Å². The van der Waals surface area contributed by atoms with Crippen LogP contribution in [-0.4, -0.2) is 35.8 Å². The third-order valence-electron chi connectivity index (χ3n) is 12.2. The summed E-state index contributed by atoms with van der Waals surface area (Å²) in [5.74, 6) is 0.398. The largest absolute Gasteiger partial charge is 0.508 e. The number of rotatable bonds is 4. The van der Waals surface area contributed by atoms with Crippen molar-refractivity contribution in [2.75, 3.05) is 0 Å². The fourth-order valence-corrected chi connectivity index (χ4v) is 9.79. The van der Waals surface area contributed by atoms with Crippen LogP contribution in [0.25, 0.3) is 98.0 Å². The summed E-state index contributed by atoms with van der Waals surface area (Å²) in [4.78, 5) is 0. The van der Waals surface area contributed by atoms with E-state index < -0.39 is 7.12 Å². The van der Waals surface area contributed by atoms with Gasteiger partial charge in [-0.3, -0.25) is 0 Å². The van der Waals surface area contributed by atoms with Gasteiger partial charge in [0, 0.05) is 12.9 Å². The summed E-state index contributed by atoms with van der Waals surface area (Å²) in [6.07, 6.45) is 0. The summed E-state index contributed by atoms with van der Waals surface area (Å²) in [6.45, 7) is 0. The maximum absolute atomic E-state index is 9.81. The maximum atomic E-state index is 9.81. The summed E-state index contributed by atoms with van der Waals surface area (Å²) in [5.41, 5.74) is 7.74. The zero-order chi connectivity index (χ0) is 45.1. The van der Waals surface area contributed by atoms with E-state index in [0.717, 1.165) is 5.56 Å². The number of phenols is 2. The zero-order valence-corrected chi connectivity index (χ0v) is 37.8. The quantitative estimate of drug-likeness (QED) is 0.105. The fourth-order valence-electron chi connectivity index (χ4n) is 9.10. The first kappa shape index (κ1) is 49.2.